The van der Waals surface area contributed by atoms with Crippen LogP contribution < -0.4 is 11.5 Å². The van der Waals surface area contributed by atoms with Crippen molar-refractivity contribution in [2.45, 2.75) is 43.6 Å². The predicted molar refractivity (Wildman–Crippen MR) is 83.1 cm³/mol. The SMILES string of the molecule is NC(CCCC(N)C(=O)OCOCC1CO1)C(=O)OCOCC1CO1. The molecule has 0 aromatic heterocycles. The Hall–Kier alpha value is -1.30. The number of carbonyl (C=O) groups is 2. The summed E-state index contributed by atoms with van der Waals surface area (Å²) in [6, 6.07) is -1.57. The van der Waals surface area contributed by atoms with Gasteiger partial charge in [-0.25, -0.2) is 0 Å². The van der Waals surface area contributed by atoms with Crippen LogP contribution in [-0.4, -0.2) is 76.2 Å². The van der Waals surface area contributed by atoms with Crippen molar-refractivity contribution in [3.8, 4) is 0 Å². The van der Waals surface area contributed by atoms with Crippen molar-refractivity contribution < 1.29 is 38.0 Å². The summed E-state index contributed by atoms with van der Waals surface area (Å²) in [7, 11) is 0. The van der Waals surface area contributed by atoms with Crippen molar-refractivity contribution in [2.75, 3.05) is 40.0 Å². The third kappa shape index (κ3) is 9.10. The fourth-order valence-electron chi connectivity index (χ4n) is 1.89. The van der Waals surface area contributed by atoms with Gasteiger partial charge in [0.15, 0.2) is 13.6 Å². The van der Waals surface area contributed by atoms with E-state index in [0.717, 1.165) is 0 Å². The number of hydrogen-bond acceptors (Lipinski definition) is 10. The molecule has 0 amide bonds. The summed E-state index contributed by atoms with van der Waals surface area (Å²) in [5.74, 6) is -1.10. The molecule has 2 heterocycles. The van der Waals surface area contributed by atoms with Crippen molar-refractivity contribution in [2.24, 2.45) is 11.5 Å². The second kappa shape index (κ2) is 10.6. The van der Waals surface area contributed by atoms with Crippen LogP contribution in [0.2, 0.25) is 0 Å². The minimum atomic E-state index is -0.786. The van der Waals surface area contributed by atoms with Gasteiger partial charge in [0.25, 0.3) is 0 Å². The molecule has 2 fully saturated rings. The molecule has 4 unspecified atom stereocenters. The first-order valence-corrected chi connectivity index (χ1v) is 8.29. The summed E-state index contributed by atoms with van der Waals surface area (Å²) in [5, 5.41) is 0. The Morgan fingerprint density at radius 3 is 1.64 bits per heavy atom. The molecule has 2 rings (SSSR count). The molecule has 4 N–H and O–H groups in total. The average Bonchev–Trinajstić information content (AvgIpc) is 3.49. The Balaban J connectivity index is 1.44. The number of hydrogen-bond donors (Lipinski definition) is 2. The molecule has 144 valence electrons. The van der Waals surface area contributed by atoms with Crippen LogP contribution in [-0.2, 0) is 38.0 Å². The van der Waals surface area contributed by atoms with Gasteiger partial charge in [-0.1, -0.05) is 0 Å². The van der Waals surface area contributed by atoms with Gasteiger partial charge in [0, 0.05) is 0 Å². The number of nitrogens with two attached hydrogens (primary N) is 2. The van der Waals surface area contributed by atoms with Crippen LogP contribution in [0.25, 0.3) is 0 Å². The van der Waals surface area contributed by atoms with Crippen LogP contribution in [0, 0.1) is 0 Å². The molecule has 2 saturated heterocycles. The van der Waals surface area contributed by atoms with E-state index in [2.05, 4.69) is 0 Å². The lowest BCUT2D eigenvalue weighted by Crippen LogP contribution is -2.35. The zero-order valence-electron chi connectivity index (χ0n) is 14.1. The summed E-state index contributed by atoms with van der Waals surface area (Å²) in [4.78, 5) is 23.3. The summed E-state index contributed by atoms with van der Waals surface area (Å²) in [5.41, 5.74) is 11.4. The van der Waals surface area contributed by atoms with E-state index in [0.29, 0.717) is 45.7 Å². The fraction of sp³-hybridized carbons (Fsp3) is 0.867. The van der Waals surface area contributed by atoms with Crippen LogP contribution in [0.4, 0.5) is 0 Å². The molecule has 2 aliphatic rings. The van der Waals surface area contributed by atoms with E-state index in [9.17, 15) is 9.59 Å². The van der Waals surface area contributed by atoms with Gasteiger partial charge in [-0.2, -0.15) is 0 Å². The van der Waals surface area contributed by atoms with Crippen molar-refractivity contribution in [3.05, 3.63) is 0 Å². The Morgan fingerprint density at radius 2 is 1.28 bits per heavy atom. The number of ether oxygens (including phenoxy) is 6. The van der Waals surface area contributed by atoms with Gasteiger partial charge in [0.2, 0.25) is 0 Å². The molecule has 10 heteroatoms. The molecule has 0 saturated carbocycles. The largest absolute Gasteiger partial charge is 0.437 e. The van der Waals surface area contributed by atoms with Gasteiger partial charge in [-0.15, -0.1) is 0 Å². The molecule has 0 spiro atoms. The third-order valence-electron chi connectivity index (χ3n) is 3.62. The van der Waals surface area contributed by atoms with E-state index in [1.165, 1.54) is 0 Å². The average molecular weight is 362 g/mol. The van der Waals surface area contributed by atoms with E-state index < -0.39 is 24.0 Å². The van der Waals surface area contributed by atoms with Gasteiger partial charge < -0.3 is 39.9 Å². The van der Waals surface area contributed by atoms with Gasteiger partial charge in [0.1, 0.15) is 24.3 Å². The Labute approximate surface area is 146 Å². The standard InChI is InChI=1S/C15H26N2O8/c16-12(14(18)24-8-20-4-10-6-22-10)2-1-3-13(17)15(19)25-9-21-5-11-7-23-11/h10-13H,1-9,16-17H2. The van der Waals surface area contributed by atoms with Crippen LogP contribution in [0.3, 0.4) is 0 Å². The van der Waals surface area contributed by atoms with E-state index in [-0.39, 0.29) is 25.8 Å². The number of epoxide rings is 2. The molecule has 25 heavy (non-hydrogen) atoms. The van der Waals surface area contributed by atoms with Crippen LogP contribution in [0.5, 0.6) is 0 Å². The van der Waals surface area contributed by atoms with Gasteiger partial charge in [0.05, 0.1) is 26.4 Å². The molecule has 2 aliphatic heterocycles. The lowest BCUT2D eigenvalue weighted by molar-refractivity contribution is -0.158. The first-order valence-electron chi connectivity index (χ1n) is 8.29. The summed E-state index contributed by atoms with van der Waals surface area (Å²) >= 11 is 0. The number of carbonyl (C=O) groups excluding carboxylic acids is 2. The smallest absolute Gasteiger partial charge is 0.325 e. The predicted octanol–water partition coefficient (Wildman–Crippen LogP) is -1.36. The van der Waals surface area contributed by atoms with Crippen LogP contribution >= 0.6 is 0 Å². The summed E-state index contributed by atoms with van der Waals surface area (Å²) < 4.78 is 29.9. The summed E-state index contributed by atoms with van der Waals surface area (Å²) in [6.45, 7) is 1.86. The maximum Gasteiger partial charge on any atom is 0.325 e. The molecule has 0 aliphatic carbocycles. The van der Waals surface area contributed by atoms with Gasteiger partial charge in [-0.3, -0.25) is 9.59 Å². The molecule has 0 radical (unpaired) electrons. The van der Waals surface area contributed by atoms with Gasteiger partial charge >= 0.3 is 11.9 Å². The lowest BCUT2D eigenvalue weighted by Gasteiger charge is -2.14. The zero-order chi connectivity index (χ0) is 18.1. The highest BCUT2D eigenvalue weighted by atomic mass is 16.7. The first-order chi connectivity index (χ1) is 12.1. The minimum Gasteiger partial charge on any atom is -0.437 e. The quantitative estimate of drug-likeness (QED) is 0.164. The number of esters is 2. The molecule has 0 aromatic carbocycles. The lowest BCUT2D eigenvalue weighted by atomic mass is 10.1. The molecule has 4 atom stereocenters. The second-order valence-electron chi connectivity index (χ2n) is 5.96. The highest BCUT2D eigenvalue weighted by Gasteiger charge is 2.24. The maximum atomic E-state index is 11.6. The minimum absolute atomic E-state index is 0.112. The Bertz CT molecular complexity index is 390. The van der Waals surface area contributed by atoms with Crippen molar-refractivity contribution in [1.82, 2.24) is 0 Å². The zero-order valence-corrected chi connectivity index (χ0v) is 14.1. The second-order valence-corrected chi connectivity index (χ2v) is 5.96. The highest BCUT2D eigenvalue weighted by Crippen LogP contribution is 2.09. The normalized spacial score (nSPS) is 23.6. The van der Waals surface area contributed by atoms with E-state index >= 15 is 0 Å². The van der Waals surface area contributed by atoms with Crippen LogP contribution in [0.15, 0.2) is 0 Å². The topological polar surface area (TPSA) is 148 Å². The molecule has 0 aromatic rings. The van der Waals surface area contributed by atoms with E-state index in [1.54, 1.807) is 0 Å². The van der Waals surface area contributed by atoms with E-state index in [1.807, 2.05) is 0 Å². The molecular weight excluding hydrogens is 336 g/mol. The molecule has 0 bridgehead atoms. The number of rotatable bonds is 14. The van der Waals surface area contributed by atoms with Crippen LogP contribution in [0.1, 0.15) is 19.3 Å². The maximum absolute atomic E-state index is 11.6. The molecule has 10 nitrogen and oxygen atoms in total. The first kappa shape index (κ1) is 20.0. The van der Waals surface area contributed by atoms with Crippen molar-refractivity contribution >= 4 is 11.9 Å². The Kier molecular flexibility index (Phi) is 8.52. The van der Waals surface area contributed by atoms with Gasteiger partial charge in [-0.05, 0) is 19.3 Å². The highest BCUT2D eigenvalue weighted by molar-refractivity contribution is 5.76. The van der Waals surface area contributed by atoms with E-state index in [4.69, 9.17) is 39.9 Å². The van der Waals surface area contributed by atoms with Crippen molar-refractivity contribution in [3.63, 3.8) is 0 Å². The Morgan fingerprint density at radius 1 is 0.880 bits per heavy atom. The third-order valence-corrected chi connectivity index (χ3v) is 3.62. The van der Waals surface area contributed by atoms with Crippen molar-refractivity contribution in [1.29, 1.82) is 0 Å². The fourth-order valence-corrected chi connectivity index (χ4v) is 1.89. The molecular formula is C15H26N2O8. The summed E-state index contributed by atoms with van der Waals surface area (Å²) in [6.07, 6.45) is 1.41. The monoisotopic (exact) mass is 362 g/mol.